The van der Waals surface area contributed by atoms with Crippen LogP contribution in [0.5, 0.6) is 5.75 Å². The monoisotopic (exact) mass is 400 g/mol. The summed E-state index contributed by atoms with van der Waals surface area (Å²) in [4.78, 5) is 12.8. The number of amides is 1. The van der Waals surface area contributed by atoms with Crippen LogP contribution in [-0.4, -0.2) is 23.8 Å². The van der Waals surface area contributed by atoms with Crippen LogP contribution in [0.25, 0.3) is 0 Å². The SMILES string of the molecule is COc1ccc(NC(=O)c2oc3c(c2C)/C(=N\NC(N)=S)CC(C)(C)C3)cc1. The maximum atomic E-state index is 12.8. The molecule has 0 saturated carbocycles. The van der Waals surface area contributed by atoms with Crippen LogP contribution >= 0.6 is 12.2 Å². The predicted molar refractivity (Wildman–Crippen MR) is 113 cm³/mol. The van der Waals surface area contributed by atoms with Crippen LogP contribution < -0.4 is 21.2 Å². The second-order valence-electron chi connectivity index (χ2n) is 7.59. The van der Waals surface area contributed by atoms with Crippen molar-refractivity contribution >= 4 is 34.6 Å². The molecule has 0 unspecified atom stereocenters. The molecule has 1 aromatic carbocycles. The summed E-state index contributed by atoms with van der Waals surface area (Å²) in [6.07, 6.45) is 1.43. The zero-order valence-corrected chi connectivity index (χ0v) is 17.2. The number of carbonyl (C=O) groups is 1. The summed E-state index contributed by atoms with van der Waals surface area (Å²) in [6.45, 7) is 6.11. The fraction of sp³-hybridized carbons (Fsp3) is 0.350. The van der Waals surface area contributed by atoms with Gasteiger partial charge in [0.2, 0.25) is 0 Å². The minimum atomic E-state index is -0.309. The smallest absolute Gasteiger partial charge is 0.291 e. The summed E-state index contributed by atoms with van der Waals surface area (Å²) in [5.74, 6) is 1.44. The number of hydrogen-bond donors (Lipinski definition) is 3. The second-order valence-corrected chi connectivity index (χ2v) is 8.03. The Morgan fingerprint density at radius 3 is 2.57 bits per heavy atom. The molecule has 0 saturated heterocycles. The fourth-order valence-electron chi connectivity index (χ4n) is 3.41. The van der Waals surface area contributed by atoms with Crippen molar-refractivity contribution in [3.05, 3.63) is 46.9 Å². The average molecular weight is 401 g/mol. The molecule has 8 heteroatoms. The van der Waals surface area contributed by atoms with Crippen LogP contribution in [0.1, 0.15) is 47.7 Å². The van der Waals surface area contributed by atoms with Crippen LogP contribution in [0.4, 0.5) is 5.69 Å². The number of hydrogen-bond acceptors (Lipinski definition) is 5. The summed E-state index contributed by atoms with van der Waals surface area (Å²) < 4.78 is 11.1. The Morgan fingerprint density at radius 1 is 1.29 bits per heavy atom. The number of hydrazone groups is 1. The summed E-state index contributed by atoms with van der Waals surface area (Å²) in [7, 11) is 1.59. The lowest BCUT2D eigenvalue weighted by molar-refractivity contribution is 0.0993. The van der Waals surface area contributed by atoms with Gasteiger partial charge in [-0.2, -0.15) is 5.10 Å². The van der Waals surface area contributed by atoms with Gasteiger partial charge in [0.25, 0.3) is 5.91 Å². The summed E-state index contributed by atoms with van der Waals surface area (Å²) in [5, 5.41) is 7.31. The summed E-state index contributed by atoms with van der Waals surface area (Å²) in [5.41, 5.74) is 11.1. The van der Waals surface area contributed by atoms with E-state index in [-0.39, 0.29) is 22.2 Å². The Kier molecular flexibility index (Phi) is 5.42. The van der Waals surface area contributed by atoms with Crippen molar-refractivity contribution in [3.8, 4) is 5.75 Å². The van der Waals surface area contributed by atoms with E-state index in [0.717, 1.165) is 34.8 Å². The highest BCUT2D eigenvalue weighted by atomic mass is 32.1. The molecular weight excluding hydrogens is 376 g/mol. The van der Waals surface area contributed by atoms with E-state index in [0.29, 0.717) is 12.1 Å². The van der Waals surface area contributed by atoms with Crippen molar-refractivity contribution < 1.29 is 13.9 Å². The lowest BCUT2D eigenvalue weighted by Gasteiger charge is -2.29. The molecule has 0 aliphatic heterocycles. The van der Waals surface area contributed by atoms with Crippen molar-refractivity contribution in [1.29, 1.82) is 0 Å². The third-order valence-corrected chi connectivity index (χ3v) is 4.74. The largest absolute Gasteiger partial charge is 0.497 e. The molecule has 3 rings (SSSR count). The molecule has 148 valence electrons. The Balaban J connectivity index is 1.92. The number of furan rings is 1. The molecule has 0 bridgehead atoms. The van der Waals surface area contributed by atoms with Crippen LogP contribution in [0.3, 0.4) is 0 Å². The lowest BCUT2D eigenvalue weighted by Crippen LogP contribution is -2.31. The highest BCUT2D eigenvalue weighted by Gasteiger charge is 2.36. The van der Waals surface area contributed by atoms with Crippen molar-refractivity contribution in [3.63, 3.8) is 0 Å². The van der Waals surface area contributed by atoms with Gasteiger partial charge in [0.1, 0.15) is 11.5 Å². The normalized spacial score (nSPS) is 16.4. The molecule has 2 aromatic rings. The summed E-state index contributed by atoms with van der Waals surface area (Å²) >= 11 is 4.85. The van der Waals surface area contributed by atoms with E-state index >= 15 is 0 Å². The van der Waals surface area contributed by atoms with Gasteiger partial charge in [-0.05, 0) is 55.2 Å². The number of fused-ring (bicyclic) bond motifs is 1. The molecule has 0 atom stereocenters. The van der Waals surface area contributed by atoms with Gasteiger partial charge in [-0.15, -0.1) is 0 Å². The van der Waals surface area contributed by atoms with Crippen LogP contribution in [0.2, 0.25) is 0 Å². The zero-order chi connectivity index (χ0) is 20.5. The van der Waals surface area contributed by atoms with Crippen LogP contribution in [-0.2, 0) is 6.42 Å². The third-order valence-electron chi connectivity index (χ3n) is 4.65. The van der Waals surface area contributed by atoms with E-state index < -0.39 is 0 Å². The maximum absolute atomic E-state index is 12.8. The lowest BCUT2D eigenvalue weighted by atomic mass is 9.75. The van der Waals surface area contributed by atoms with Gasteiger partial charge in [-0.25, -0.2) is 0 Å². The van der Waals surface area contributed by atoms with E-state index in [1.807, 2.05) is 6.92 Å². The quantitative estimate of drug-likeness (QED) is 0.537. The van der Waals surface area contributed by atoms with E-state index in [2.05, 4.69) is 29.7 Å². The number of anilines is 1. The first kappa shape index (κ1) is 19.9. The number of carbonyl (C=O) groups excluding carboxylic acids is 1. The van der Waals surface area contributed by atoms with E-state index in [1.165, 1.54) is 0 Å². The van der Waals surface area contributed by atoms with Gasteiger partial charge in [0, 0.05) is 23.2 Å². The summed E-state index contributed by atoms with van der Waals surface area (Å²) in [6, 6.07) is 7.11. The third kappa shape index (κ3) is 4.17. The molecule has 7 nitrogen and oxygen atoms in total. The molecule has 1 aliphatic rings. The molecule has 0 spiro atoms. The number of nitrogens with zero attached hydrogens (tertiary/aromatic N) is 1. The van der Waals surface area contributed by atoms with E-state index in [9.17, 15) is 4.79 Å². The topological polar surface area (TPSA) is 102 Å². The molecular formula is C20H24N4O3S. The molecule has 28 heavy (non-hydrogen) atoms. The average Bonchev–Trinajstić information content (AvgIpc) is 2.95. The zero-order valence-electron chi connectivity index (χ0n) is 16.4. The first-order chi connectivity index (χ1) is 13.2. The Hall–Kier alpha value is -2.87. The van der Waals surface area contributed by atoms with Crippen LogP contribution in [0.15, 0.2) is 33.8 Å². The Bertz CT molecular complexity index is 945. The van der Waals surface area contributed by atoms with Gasteiger partial charge in [-0.1, -0.05) is 13.8 Å². The van der Waals surface area contributed by atoms with Gasteiger partial charge in [0.15, 0.2) is 10.9 Å². The number of rotatable bonds is 4. The standard InChI is InChI=1S/C20H24N4O3S/c1-11-16-14(23-24-19(21)28)9-20(2,3)10-15(16)27-17(11)18(25)22-12-5-7-13(26-4)8-6-12/h5-8H,9-10H2,1-4H3,(H,22,25)(H3,21,24,28)/b23-14-. The van der Waals surface area contributed by atoms with Crippen molar-refractivity contribution in [2.24, 2.45) is 16.3 Å². The number of benzene rings is 1. The molecule has 0 radical (unpaired) electrons. The van der Waals surface area contributed by atoms with Gasteiger partial charge >= 0.3 is 0 Å². The predicted octanol–water partition coefficient (Wildman–Crippen LogP) is 3.36. The van der Waals surface area contributed by atoms with E-state index in [4.69, 9.17) is 27.1 Å². The van der Waals surface area contributed by atoms with Gasteiger partial charge < -0.3 is 20.2 Å². The molecule has 1 aromatic heterocycles. The Morgan fingerprint density at radius 2 is 1.96 bits per heavy atom. The van der Waals surface area contributed by atoms with Gasteiger partial charge in [-0.3, -0.25) is 10.2 Å². The Labute approximate surface area is 169 Å². The minimum absolute atomic E-state index is 0.0578. The van der Waals surface area contributed by atoms with Crippen molar-refractivity contribution in [2.45, 2.75) is 33.6 Å². The highest BCUT2D eigenvalue weighted by molar-refractivity contribution is 7.80. The first-order valence-corrected chi connectivity index (χ1v) is 9.31. The number of methoxy groups -OCH3 is 1. The molecule has 1 aliphatic carbocycles. The fourth-order valence-corrected chi connectivity index (χ4v) is 3.46. The van der Waals surface area contributed by atoms with Crippen LogP contribution in [0, 0.1) is 12.3 Å². The highest BCUT2D eigenvalue weighted by Crippen LogP contribution is 2.39. The molecule has 4 N–H and O–H groups in total. The first-order valence-electron chi connectivity index (χ1n) is 8.90. The molecule has 1 amide bonds. The van der Waals surface area contributed by atoms with Crippen molar-refractivity contribution in [2.75, 3.05) is 12.4 Å². The number of ether oxygens (including phenoxy) is 1. The molecule has 0 fully saturated rings. The van der Waals surface area contributed by atoms with Gasteiger partial charge in [0.05, 0.1) is 12.8 Å². The maximum Gasteiger partial charge on any atom is 0.291 e. The molecule has 1 heterocycles. The van der Waals surface area contributed by atoms with Crippen molar-refractivity contribution in [1.82, 2.24) is 5.43 Å². The number of thiocarbonyl (C=S) groups is 1. The number of nitrogens with two attached hydrogens (primary N) is 1. The number of nitrogens with one attached hydrogen (secondary N) is 2. The second kappa shape index (κ2) is 7.63. The minimum Gasteiger partial charge on any atom is -0.497 e. The van der Waals surface area contributed by atoms with E-state index in [1.54, 1.807) is 31.4 Å².